The first-order chi connectivity index (χ1) is 16.5. The Kier molecular flexibility index (Phi) is 7.95. The Morgan fingerprint density at radius 1 is 1.11 bits per heavy atom. The standard InChI is InChI=1S/C21H23FN4O2.C2HF3O2/c1-24-7-3-8-25(11-10-24)21(28)17-13-15(5-6-18(17)22)12-16-14-23-20(27)19-4-2-9-26(16)19;3-2(4,5)1(6)7/h2,4-6,9,13-14H,3,7-8,10-12H2,1H3,(H,23,27);(H,6,7). The van der Waals surface area contributed by atoms with Crippen LogP contribution in [-0.2, 0) is 11.2 Å². The van der Waals surface area contributed by atoms with Gasteiger partial charge in [-0.1, -0.05) is 6.07 Å². The number of halogens is 4. The van der Waals surface area contributed by atoms with E-state index in [1.165, 1.54) is 6.07 Å². The molecule has 188 valence electrons. The number of carbonyl (C=O) groups excluding carboxylic acids is 1. The number of carboxylic acids is 1. The van der Waals surface area contributed by atoms with Crippen molar-refractivity contribution in [3.8, 4) is 0 Å². The number of aliphatic carboxylic acids is 1. The van der Waals surface area contributed by atoms with Gasteiger partial charge in [-0.25, -0.2) is 9.18 Å². The monoisotopic (exact) mass is 496 g/mol. The van der Waals surface area contributed by atoms with Crippen molar-refractivity contribution in [3.05, 3.63) is 75.7 Å². The zero-order chi connectivity index (χ0) is 25.8. The quantitative estimate of drug-likeness (QED) is 0.544. The van der Waals surface area contributed by atoms with Crippen LogP contribution in [-0.4, -0.2) is 75.6 Å². The van der Waals surface area contributed by atoms with Crippen LogP contribution < -0.4 is 5.56 Å². The van der Waals surface area contributed by atoms with Gasteiger partial charge in [-0.05, 0) is 49.8 Å². The minimum absolute atomic E-state index is 0.107. The van der Waals surface area contributed by atoms with Crippen LogP contribution in [0.25, 0.3) is 5.52 Å². The maximum Gasteiger partial charge on any atom is 0.490 e. The molecule has 0 atom stereocenters. The summed E-state index contributed by atoms with van der Waals surface area (Å²) in [6.45, 7) is 2.96. The normalized spacial score (nSPS) is 14.8. The van der Waals surface area contributed by atoms with E-state index in [1.54, 1.807) is 29.3 Å². The average Bonchev–Trinajstić information content (AvgIpc) is 3.20. The molecule has 1 fully saturated rings. The van der Waals surface area contributed by atoms with Crippen molar-refractivity contribution in [3.63, 3.8) is 0 Å². The predicted octanol–water partition coefficient (Wildman–Crippen LogP) is 2.77. The molecule has 1 saturated heterocycles. The molecule has 2 N–H and O–H groups in total. The van der Waals surface area contributed by atoms with Crippen molar-refractivity contribution in [2.75, 3.05) is 33.2 Å². The zero-order valence-corrected chi connectivity index (χ0v) is 18.8. The third-order valence-corrected chi connectivity index (χ3v) is 5.56. The summed E-state index contributed by atoms with van der Waals surface area (Å²) in [5.41, 5.74) is 2.19. The van der Waals surface area contributed by atoms with Crippen molar-refractivity contribution in [2.24, 2.45) is 0 Å². The number of aromatic nitrogens is 2. The zero-order valence-electron chi connectivity index (χ0n) is 18.8. The summed E-state index contributed by atoms with van der Waals surface area (Å²) in [5, 5.41) is 7.12. The Morgan fingerprint density at radius 3 is 2.51 bits per heavy atom. The van der Waals surface area contributed by atoms with Gasteiger partial charge in [-0.3, -0.25) is 9.59 Å². The van der Waals surface area contributed by atoms with Gasteiger partial charge >= 0.3 is 12.1 Å². The van der Waals surface area contributed by atoms with E-state index in [9.17, 15) is 27.2 Å². The lowest BCUT2D eigenvalue weighted by molar-refractivity contribution is -0.192. The first-order valence-electron chi connectivity index (χ1n) is 10.7. The van der Waals surface area contributed by atoms with Gasteiger partial charge in [0, 0.05) is 44.1 Å². The second-order valence-electron chi connectivity index (χ2n) is 8.12. The van der Waals surface area contributed by atoms with Crippen LogP contribution >= 0.6 is 0 Å². The summed E-state index contributed by atoms with van der Waals surface area (Å²) in [6.07, 6.45) is -0.244. The number of hydrogen-bond donors (Lipinski definition) is 2. The molecule has 0 saturated carbocycles. The lowest BCUT2D eigenvalue weighted by Gasteiger charge is -2.21. The van der Waals surface area contributed by atoms with E-state index >= 15 is 0 Å². The van der Waals surface area contributed by atoms with Gasteiger partial charge in [-0.15, -0.1) is 0 Å². The molecular weight excluding hydrogens is 472 g/mol. The number of carboxylic acid groups (broad SMARTS) is 1. The Bertz CT molecular complexity index is 1270. The van der Waals surface area contributed by atoms with Crippen molar-refractivity contribution in [1.82, 2.24) is 19.2 Å². The summed E-state index contributed by atoms with van der Waals surface area (Å²) < 4.78 is 48.0. The van der Waals surface area contributed by atoms with Gasteiger partial charge in [0.2, 0.25) is 0 Å². The number of aromatic amines is 1. The lowest BCUT2D eigenvalue weighted by atomic mass is 10.0. The van der Waals surface area contributed by atoms with Gasteiger partial charge in [0.1, 0.15) is 11.3 Å². The number of likely N-dealkylation sites (N-methyl/N-ethyl adjacent to an activating group) is 1. The molecular formula is C23H24F4N4O4. The first kappa shape index (κ1) is 25.9. The minimum atomic E-state index is -5.08. The number of fused-ring (bicyclic) bond motifs is 1. The summed E-state index contributed by atoms with van der Waals surface area (Å²) in [6, 6.07) is 8.23. The van der Waals surface area contributed by atoms with E-state index in [0.717, 1.165) is 30.8 Å². The van der Waals surface area contributed by atoms with E-state index in [2.05, 4.69) is 9.88 Å². The van der Waals surface area contributed by atoms with E-state index in [-0.39, 0.29) is 17.0 Å². The molecule has 1 aromatic carbocycles. The van der Waals surface area contributed by atoms with Crippen LogP contribution in [0, 0.1) is 5.82 Å². The second-order valence-corrected chi connectivity index (χ2v) is 8.12. The molecule has 0 radical (unpaired) electrons. The molecule has 1 amide bonds. The third kappa shape index (κ3) is 6.47. The third-order valence-electron chi connectivity index (χ3n) is 5.56. The summed E-state index contributed by atoms with van der Waals surface area (Å²) >= 11 is 0. The fraction of sp³-hybridized carbons (Fsp3) is 0.348. The molecule has 3 heterocycles. The van der Waals surface area contributed by atoms with Crippen LogP contribution in [0.1, 0.15) is 28.0 Å². The van der Waals surface area contributed by atoms with Crippen LogP contribution in [0.4, 0.5) is 17.6 Å². The smallest absolute Gasteiger partial charge is 0.475 e. The first-order valence-corrected chi connectivity index (χ1v) is 10.7. The molecule has 12 heteroatoms. The lowest BCUT2D eigenvalue weighted by Crippen LogP contribution is -2.35. The SMILES string of the molecule is CN1CCCN(C(=O)c2cc(Cc3c[nH]c(=O)c4cccn34)ccc2F)CC1.O=C(O)C(F)(F)F. The van der Waals surface area contributed by atoms with Crippen LogP contribution in [0.2, 0.25) is 0 Å². The number of nitrogens with one attached hydrogen (secondary N) is 1. The van der Waals surface area contributed by atoms with Crippen LogP contribution in [0.3, 0.4) is 0 Å². The molecule has 0 spiro atoms. The van der Waals surface area contributed by atoms with Crippen molar-refractivity contribution in [2.45, 2.75) is 19.0 Å². The Labute approximate surface area is 197 Å². The van der Waals surface area contributed by atoms with Gasteiger partial charge in [0.15, 0.2) is 0 Å². The minimum Gasteiger partial charge on any atom is -0.475 e. The number of hydrogen-bond acceptors (Lipinski definition) is 4. The number of nitrogens with zero attached hydrogens (tertiary/aromatic N) is 3. The van der Waals surface area contributed by atoms with Gasteiger partial charge < -0.3 is 24.3 Å². The average molecular weight is 496 g/mol. The molecule has 0 bridgehead atoms. The Hall–Kier alpha value is -3.67. The molecule has 2 aromatic heterocycles. The molecule has 0 unspecified atom stereocenters. The van der Waals surface area contributed by atoms with E-state index in [0.29, 0.717) is 25.0 Å². The van der Waals surface area contributed by atoms with Crippen LogP contribution in [0.15, 0.2) is 47.5 Å². The number of alkyl halides is 3. The highest BCUT2D eigenvalue weighted by Gasteiger charge is 2.38. The topological polar surface area (TPSA) is 98.1 Å². The van der Waals surface area contributed by atoms with Gasteiger partial charge in [-0.2, -0.15) is 13.2 Å². The largest absolute Gasteiger partial charge is 0.490 e. The number of rotatable bonds is 3. The fourth-order valence-corrected chi connectivity index (χ4v) is 3.72. The fourth-order valence-electron chi connectivity index (χ4n) is 3.72. The Morgan fingerprint density at radius 2 is 1.83 bits per heavy atom. The number of carbonyl (C=O) groups is 2. The van der Waals surface area contributed by atoms with Gasteiger partial charge in [0.25, 0.3) is 11.5 Å². The molecule has 0 aliphatic carbocycles. The van der Waals surface area contributed by atoms with E-state index in [4.69, 9.17) is 9.90 Å². The highest BCUT2D eigenvalue weighted by molar-refractivity contribution is 5.94. The molecule has 4 rings (SSSR count). The van der Waals surface area contributed by atoms with Gasteiger partial charge in [0.05, 0.1) is 5.56 Å². The van der Waals surface area contributed by atoms with E-state index in [1.807, 2.05) is 23.7 Å². The number of benzene rings is 1. The summed E-state index contributed by atoms with van der Waals surface area (Å²) in [4.78, 5) is 40.3. The van der Waals surface area contributed by atoms with Crippen LogP contribution in [0.5, 0.6) is 0 Å². The molecule has 35 heavy (non-hydrogen) atoms. The molecule has 1 aliphatic heterocycles. The van der Waals surface area contributed by atoms with Crippen molar-refractivity contribution < 1.29 is 32.3 Å². The van der Waals surface area contributed by atoms with Crippen molar-refractivity contribution in [1.29, 1.82) is 0 Å². The van der Waals surface area contributed by atoms with Crippen molar-refractivity contribution >= 4 is 17.4 Å². The highest BCUT2D eigenvalue weighted by Crippen LogP contribution is 2.18. The molecule has 8 nitrogen and oxygen atoms in total. The Balaban J connectivity index is 0.000000429. The number of amides is 1. The maximum absolute atomic E-state index is 14.4. The number of H-pyrrole nitrogens is 1. The second kappa shape index (κ2) is 10.7. The highest BCUT2D eigenvalue weighted by atomic mass is 19.4. The van der Waals surface area contributed by atoms with E-state index < -0.39 is 18.0 Å². The summed E-state index contributed by atoms with van der Waals surface area (Å²) in [5.74, 6) is -3.52. The molecule has 1 aliphatic rings. The maximum atomic E-state index is 14.4. The summed E-state index contributed by atoms with van der Waals surface area (Å²) in [7, 11) is 2.03. The molecule has 3 aromatic rings. The predicted molar refractivity (Wildman–Crippen MR) is 119 cm³/mol.